The molecule has 0 radical (unpaired) electrons. The first-order valence-corrected chi connectivity index (χ1v) is 12.0. The van der Waals surface area contributed by atoms with Crippen LogP contribution in [0.3, 0.4) is 0 Å². The van der Waals surface area contributed by atoms with Crippen molar-refractivity contribution in [1.82, 2.24) is 4.90 Å². The number of phenols is 2. The molecule has 34 heavy (non-hydrogen) atoms. The lowest BCUT2D eigenvalue weighted by molar-refractivity contribution is -0.161. The molecule has 3 aromatic rings. The second-order valence-corrected chi connectivity index (χ2v) is 10.1. The number of hydrogen-bond acceptors (Lipinski definition) is 5. The van der Waals surface area contributed by atoms with Gasteiger partial charge in [0.2, 0.25) is 0 Å². The standard InChI is InChI=1S/C29H29NO4/c1-34-27(33)29-18-30(16-19-7-3-2-4-8-19)17-26(29)28(20-11-12-24(31)25(32)15-20)14-13-23(29)21-9-5-6-10-22(21)28/h2-12,15,23,26,31-32H,13-14,16-18H2,1H3. The van der Waals surface area contributed by atoms with Gasteiger partial charge >= 0.3 is 5.97 Å². The van der Waals surface area contributed by atoms with E-state index in [0.29, 0.717) is 6.54 Å². The number of fused-ring (bicyclic) bond motifs is 1. The minimum absolute atomic E-state index is 0.00578. The maximum atomic E-state index is 13.7. The van der Waals surface area contributed by atoms with Crippen molar-refractivity contribution in [2.24, 2.45) is 11.3 Å². The number of hydrogen-bond donors (Lipinski definition) is 2. The molecule has 4 atom stereocenters. The molecule has 7 rings (SSSR count). The van der Waals surface area contributed by atoms with Crippen LogP contribution in [0.1, 0.15) is 41.0 Å². The Balaban J connectivity index is 1.56. The van der Waals surface area contributed by atoms with Crippen molar-refractivity contribution in [1.29, 1.82) is 0 Å². The highest BCUT2D eigenvalue weighted by atomic mass is 16.5. The van der Waals surface area contributed by atoms with Gasteiger partial charge in [-0.1, -0.05) is 60.7 Å². The van der Waals surface area contributed by atoms with Gasteiger partial charge in [0.05, 0.1) is 12.5 Å². The van der Waals surface area contributed by atoms with Gasteiger partial charge in [-0.05, 0) is 47.2 Å². The molecule has 5 nitrogen and oxygen atoms in total. The Morgan fingerprint density at radius 2 is 1.79 bits per heavy atom. The molecule has 0 aromatic heterocycles. The first kappa shape index (κ1) is 21.2. The lowest BCUT2D eigenvalue weighted by Crippen LogP contribution is -2.60. The Bertz CT molecular complexity index is 1260. The summed E-state index contributed by atoms with van der Waals surface area (Å²) >= 11 is 0. The van der Waals surface area contributed by atoms with Crippen molar-refractivity contribution in [3.05, 3.63) is 95.1 Å². The zero-order valence-corrected chi connectivity index (χ0v) is 19.3. The summed E-state index contributed by atoms with van der Waals surface area (Å²) in [5.74, 6) is -0.308. The second kappa shape index (κ2) is 7.60. The Morgan fingerprint density at radius 1 is 1.03 bits per heavy atom. The first-order valence-electron chi connectivity index (χ1n) is 12.0. The smallest absolute Gasteiger partial charge is 0.314 e. The molecule has 2 fully saturated rings. The second-order valence-electron chi connectivity index (χ2n) is 10.1. The quantitative estimate of drug-likeness (QED) is 0.446. The number of benzene rings is 3. The number of likely N-dealkylation sites (tertiary alicyclic amines) is 1. The molecule has 1 aliphatic heterocycles. The molecule has 1 saturated carbocycles. The Morgan fingerprint density at radius 3 is 2.56 bits per heavy atom. The van der Waals surface area contributed by atoms with Gasteiger partial charge in [-0.25, -0.2) is 0 Å². The van der Waals surface area contributed by atoms with Crippen molar-refractivity contribution in [2.75, 3.05) is 20.2 Å². The maximum Gasteiger partial charge on any atom is 0.314 e. The molecule has 2 bridgehead atoms. The van der Waals surface area contributed by atoms with E-state index in [4.69, 9.17) is 4.74 Å². The van der Waals surface area contributed by atoms with E-state index in [1.165, 1.54) is 23.8 Å². The van der Waals surface area contributed by atoms with Gasteiger partial charge in [-0.2, -0.15) is 0 Å². The van der Waals surface area contributed by atoms with Gasteiger partial charge in [0.1, 0.15) is 0 Å². The van der Waals surface area contributed by atoms with Gasteiger partial charge in [-0.15, -0.1) is 0 Å². The highest BCUT2D eigenvalue weighted by Gasteiger charge is 2.70. The Kier molecular flexibility index (Phi) is 4.75. The Labute approximate surface area is 199 Å². The number of methoxy groups -OCH3 is 1. The van der Waals surface area contributed by atoms with Crippen LogP contribution in [0.4, 0.5) is 0 Å². The predicted molar refractivity (Wildman–Crippen MR) is 129 cm³/mol. The summed E-state index contributed by atoms with van der Waals surface area (Å²) in [5.41, 5.74) is 3.52. The van der Waals surface area contributed by atoms with Gasteiger partial charge in [-0.3, -0.25) is 9.69 Å². The number of phenolic OH excluding ortho intramolecular Hbond substituents is 2. The van der Waals surface area contributed by atoms with Crippen molar-refractivity contribution in [2.45, 2.75) is 30.7 Å². The number of carbonyl (C=O) groups excluding carboxylic acids is 1. The normalized spacial score (nSPS) is 29.4. The summed E-state index contributed by atoms with van der Waals surface area (Å²) < 4.78 is 5.53. The fourth-order valence-corrected chi connectivity index (χ4v) is 7.48. The van der Waals surface area contributed by atoms with Crippen molar-refractivity contribution < 1.29 is 19.7 Å². The summed E-state index contributed by atoms with van der Waals surface area (Å²) in [6.07, 6.45) is 1.77. The molecule has 1 heterocycles. The third-order valence-corrected chi connectivity index (χ3v) is 8.71. The van der Waals surface area contributed by atoms with E-state index in [-0.39, 0.29) is 29.3 Å². The fraction of sp³-hybridized carbons (Fsp3) is 0.345. The molecule has 4 unspecified atom stereocenters. The molecular formula is C29H29NO4. The largest absolute Gasteiger partial charge is 0.504 e. The number of rotatable bonds is 4. The van der Waals surface area contributed by atoms with Crippen LogP contribution in [-0.2, 0) is 21.5 Å². The number of nitrogens with zero attached hydrogens (tertiary/aromatic N) is 1. The molecule has 0 spiro atoms. The van der Waals surface area contributed by atoms with Crippen molar-refractivity contribution in [3.63, 3.8) is 0 Å². The van der Waals surface area contributed by atoms with Gasteiger partial charge in [0, 0.05) is 36.9 Å². The average Bonchev–Trinajstić information content (AvgIpc) is 3.27. The fourth-order valence-electron chi connectivity index (χ4n) is 7.48. The zero-order valence-electron chi connectivity index (χ0n) is 19.3. The summed E-state index contributed by atoms with van der Waals surface area (Å²) in [5, 5.41) is 20.5. The summed E-state index contributed by atoms with van der Waals surface area (Å²) in [7, 11) is 1.50. The topological polar surface area (TPSA) is 70.0 Å². The van der Waals surface area contributed by atoms with E-state index in [0.717, 1.165) is 31.5 Å². The summed E-state index contributed by atoms with van der Waals surface area (Å²) in [4.78, 5) is 16.1. The lowest BCUT2D eigenvalue weighted by atomic mass is 9.42. The van der Waals surface area contributed by atoms with Crippen LogP contribution >= 0.6 is 0 Å². The monoisotopic (exact) mass is 455 g/mol. The zero-order chi connectivity index (χ0) is 23.5. The summed E-state index contributed by atoms with van der Waals surface area (Å²) in [6.45, 7) is 2.18. The minimum atomic E-state index is -0.663. The number of carbonyl (C=O) groups is 1. The molecule has 3 aliphatic carbocycles. The summed E-state index contributed by atoms with van der Waals surface area (Å²) in [6, 6.07) is 24.0. The van der Waals surface area contributed by atoms with E-state index >= 15 is 0 Å². The molecule has 1 saturated heterocycles. The maximum absolute atomic E-state index is 13.7. The van der Waals surface area contributed by atoms with Gasteiger partial charge in [0.25, 0.3) is 0 Å². The highest BCUT2D eigenvalue weighted by molar-refractivity contribution is 5.82. The molecule has 0 amide bonds. The van der Waals surface area contributed by atoms with Crippen LogP contribution in [0.15, 0.2) is 72.8 Å². The van der Waals surface area contributed by atoms with Crippen molar-refractivity contribution in [3.8, 4) is 11.5 Å². The highest BCUT2D eigenvalue weighted by Crippen LogP contribution is 2.69. The van der Waals surface area contributed by atoms with E-state index in [1.54, 1.807) is 12.1 Å². The van der Waals surface area contributed by atoms with Crippen LogP contribution < -0.4 is 0 Å². The lowest BCUT2D eigenvalue weighted by Gasteiger charge is -2.59. The third kappa shape index (κ3) is 2.73. The molecule has 5 heteroatoms. The van der Waals surface area contributed by atoms with Crippen LogP contribution in [0.25, 0.3) is 0 Å². The minimum Gasteiger partial charge on any atom is -0.504 e. The number of ether oxygens (including phenoxy) is 1. The molecule has 174 valence electrons. The molecule has 2 N–H and O–H groups in total. The molecule has 4 aliphatic rings. The van der Waals surface area contributed by atoms with E-state index < -0.39 is 10.8 Å². The first-order chi connectivity index (χ1) is 16.5. The van der Waals surface area contributed by atoms with E-state index in [9.17, 15) is 15.0 Å². The third-order valence-electron chi connectivity index (χ3n) is 8.71. The van der Waals surface area contributed by atoms with E-state index in [1.807, 2.05) is 12.1 Å². The van der Waals surface area contributed by atoms with E-state index in [2.05, 4.69) is 53.4 Å². The van der Waals surface area contributed by atoms with Crippen LogP contribution in [0, 0.1) is 11.3 Å². The number of esters is 1. The van der Waals surface area contributed by atoms with Gasteiger partial charge < -0.3 is 14.9 Å². The number of aromatic hydroxyl groups is 2. The Hall–Kier alpha value is -3.31. The predicted octanol–water partition coefficient (Wildman–Crippen LogP) is 4.57. The average molecular weight is 456 g/mol. The van der Waals surface area contributed by atoms with Crippen LogP contribution in [0.5, 0.6) is 11.5 Å². The molecular weight excluding hydrogens is 426 g/mol. The van der Waals surface area contributed by atoms with Crippen LogP contribution in [0.2, 0.25) is 0 Å². The van der Waals surface area contributed by atoms with Gasteiger partial charge in [0.15, 0.2) is 11.5 Å². The SMILES string of the molecule is COC(=O)C12CN(Cc3ccccc3)CC1C1(c3ccc(O)c(O)c3)CCC2c2ccccc21. The van der Waals surface area contributed by atoms with Crippen molar-refractivity contribution >= 4 is 5.97 Å². The van der Waals surface area contributed by atoms with Crippen LogP contribution in [-0.4, -0.2) is 41.3 Å². The molecule has 3 aromatic carbocycles.